The van der Waals surface area contributed by atoms with Crippen LogP contribution >= 0.6 is 0 Å². The van der Waals surface area contributed by atoms with Crippen LogP contribution in [0.5, 0.6) is 11.5 Å². The molecule has 1 aromatic carbocycles. The number of para-hydroxylation sites is 1. The summed E-state index contributed by atoms with van der Waals surface area (Å²) in [5.74, 6) is 1.64. The molecule has 0 aliphatic rings. The summed E-state index contributed by atoms with van der Waals surface area (Å²) in [5.41, 5.74) is 7.18. The Bertz CT molecular complexity index is 536. The topological polar surface area (TPSA) is 53.1 Å². The molecule has 0 saturated carbocycles. The van der Waals surface area contributed by atoms with Gasteiger partial charge in [-0.15, -0.1) is 0 Å². The third-order valence-corrected chi connectivity index (χ3v) is 3.27. The largest absolute Gasteiger partial charge is 0.454 e. The van der Waals surface area contributed by atoms with Crippen molar-refractivity contribution in [3.05, 3.63) is 42.2 Å². The molecule has 108 valence electrons. The fourth-order valence-electron chi connectivity index (χ4n) is 2.07. The number of nitrogens with two attached hydrogens (primary N) is 1. The molecule has 0 amide bonds. The summed E-state index contributed by atoms with van der Waals surface area (Å²) in [6.07, 6.45) is 6.54. The Labute approximate surface area is 120 Å². The van der Waals surface area contributed by atoms with Gasteiger partial charge in [-0.05, 0) is 30.9 Å². The standard InChI is InChI=1S/C16H23N3O/c1-3-9-19-12-15(11-18-19)20-16-8-6-5-7-13(16)10-14(17)4-2/h5-8,11-12,14H,3-4,9-10,17H2,1-2H3. The van der Waals surface area contributed by atoms with Crippen molar-refractivity contribution in [3.63, 3.8) is 0 Å². The molecular formula is C16H23N3O. The van der Waals surface area contributed by atoms with Crippen molar-refractivity contribution in [2.45, 2.75) is 45.7 Å². The Morgan fingerprint density at radius 2 is 2.10 bits per heavy atom. The van der Waals surface area contributed by atoms with Gasteiger partial charge in [0, 0.05) is 12.6 Å². The van der Waals surface area contributed by atoms with Crippen molar-refractivity contribution >= 4 is 0 Å². The number of aromatic nitrogens is 2. The van der Waals surface area contributed by atoms with Gasteiger partial charge in [0.05, 0.1) is 12.4 Å². The van der Waals surface area contributed by atoms with Gasteiger partial charge in [-0.1, -0.05) is 32.0 Å². The van der Waals surface area contributed by atoms with Crippen molar-refractivity contribution in [2.75, 3.05) is 0 Å². The second-order valence-electron chi connectivity index (χ2n) is 5.02. The minimum atomic E-state index is 0.169. The predicted octanol–water partition coefficient (Wildman–Crippen LogP) is 3.37. The van der Waals surface area contributed by atoms with Crippen LogP contribution in [0.2, 0.25) is 0 Å². The van der Waals surface area contributed by atoms with Crippen LogP contribution in [-0.2, 0) is 13.0 Å². The molecule has 0 saturated heterocycles. The summed E-state index contributed by atoms with van der Waals surface area (Å²) in [7, 11) is 0. The number of rotatable bonds is 7. The van der Waals surface area contributed by atoms with Crippen LogP contribution in [-0.4, -0.2) is 15.8 Å². The first-order valence-corrected chi connectivity index (χ1v) is 7.26. The van der Waals surface area contributed by atoms with Gasteiger partial charge in [-0.25, -0.2) is 0 Å². The van der Waals surface area contributed by atoms with E-state index in [0.29, 0.717) is 0 Å². The molecule has 2 N–H and O–H groups in total. The zero-order valence-corrected chi connectivity index (χ0v) is 12.2. The molecule has 1 aromatic heterocycles. The molecule has 0 bridgehead atoms. The summed E-state index contributed by atoms with van der Waals surface area (Å²) < 4.78 is 7.84. The van der Waals surface area contributed by atoms with Gasteiger partial charge < -0.3 is 10.5 Å². The Hall–Kier alpha value is -1.81. The van der Waals surface area contributed by atoms with Crippen LogP contribution in [0, 0.1) is 0 Å². The van der Waals surface area contributed by atoms with E-state index >= 15 is 0 Å². The summed E-state index contributed by atoms with van der Waals surface area (Å²) in [4.78, 5) is 0. The highest BCUT2D eigenvalue weighted by atomic mass is 16.5. The Morgan fingerprint density at radius 3 is 2.85 bits per heavy atom. The third kappa shape index (κ3) is 3.84. The Morgan fingerprint density at radius 1 is 1.30 bits per heavy atom. The second kappa shape index (κ2) is 7.10. The van der Waals surface area contributed by atoms with Crippen molar-refractivity contribution in [3.8, 4) is 11.5 Å². The molecular weight excluding hydrogens is 250 g/mol. The zero-order valence-electron chi connectivity index (χ0n) is 12.2. The van der Waals surface area contributed by atoms with Gasteiger partial charge in [0.25, 0.3) is 0 Å². The van der Waals surface area contributed by atoms with E-state index in [2.05, 4.69) is 25.0 Å². The second-order valence-corrected chi connectivity index (χ2v) is 5.02. The van der Waals surface area contributed by atoms with Crippen molar-refractivity contribution in [1.29, 1.82) is 0 Å². The zero-order chi connectivity index (χ0) is 14.4. The van der Waals surface area contributed by atoms with Crippen LogP contribution < -0.4 is 10.5 Å². The maximum Gasteiger partial charge on any atom is 0.165 e. The first-order chi connectivity index (χ1) is 9.72. The average molecular weight is 273 g/mol. The lowest BCUT2D eigenvalue weighted by molar-refractivity contribution is 0.470. The van der Waals surface area contributed by atoms with Gasteiger partial charge in [0.15, 0.2) is 5.75 Å². The molecule has 0 spiro atoms. The molecule has 0 aliphatic carbocycles. The molecule has 0 aliphatic heterocycles. The van der Waals surface area contributed by atoms with Gasteiger partial charge >= 0.3 is 0 Å². The molecule has 2 aromatic rings. The molecule has 1 atom stereocenters. The number of benzene rings is 1. The van der Waals surface area contributed by atoms with Gasteiger partial charge in [0.1, 0.15) is 5.75 Å². The van der Waals surface area contributed by atoms with Crippen LogP contribution in [0.1, 0.15) is 32.3 Å². The highest BCUT2D eigenvalue weighted by molar-refractivity contribution is 5.37. The lowest BCUT2D eigenvalue weighted by Crippen LogP contribution is -2.21. The summed E-state index contributed by atoms with van der Waals surface area (Å²) >= 11 is 0. The molecule has 2 rings (SSSR count). The summed E-state index contributed by atoms with van der Waals surface area (Å²) in [5, 5.41) is 4.28. The maximum absolute atomic E-state index is 6.04. The Balaban J connectivity index is 2.11. The molecule has 20 heavy (non-hydrogen) atoms. The van der Waals surface area contributed by atoms with Gasteiger partial charge in [-0.3, -0.25) is 4.68 Å². The van der Waals surface area contributed by atoms with Crippen molar-refractivity contribution in [1.82, 2.24) is 9.78 Å². The fourth-order valence-corrected chi connectivity index (χ4v) is 2.07. The number of ether oxygens (including phenoxy) is 1. The molecule has 1 heterocycles. The summed E-state index contributed by atoms with van der Waals surface area (Å²) in [6.45, 7) is 5.14. The number of hydrogen-bond donors (Lipinski definition) is 1. The first-order valence-electron chi connectivity index (χ1n) is 7.26. The number of aryl methyl sites for hydroxylation is 1. The van der Waals surface area contributed by atoms with E-state index in [1.165, 1.54) is 0 Å². The van der Waals surface area contributed by atoms with E-state index in [9.17, 15) is 0 Å². The van der Waals surface area contributed by atoms with E-state index in [0.717, 1.165) is 42.9 Å². The molecule has 1 unspecified atom stereocenters. The van der Waals surface area contributed by atoms with Crippen molar-refractivity contribution in [2.24, 2.45) is 5.73 Å². The normalized spacial score (nSPS) is 12.3. The summed E-state index contributed by atoms with van der Waals surface area (Å²) in [6, 6.07) is 8.22. The van der Waals surface area contributed by atoms with E-state index < -0.39 is 0 Å². The monoisotopic (exact) mass is 273 g/mol. The molecule has 4 heteroatoms. The maximum atomic E-state index is 6.04. The van der Waals surface area contributed by atoms with E-state index in [1.54, 1.807) is 6.20 Å². The van der Waals surface area contributed by atoms with Crippen molar-refractivity contribution < 1.29 is 4.74 Å². The SMILES string of the molecule is CCCn1cc(Oc2ccccc2CC(N)CC)cn1. The molecule has 4 nitrogen and oxygen atoms in total. The number of hydrogen-bond acceptors (Lipinski definition) is 3. The highest BCUT2D eigenvalue weighted by Crippen LogP contribution is 2.26. The lowest BCUT2D eigenvalue weighted by atomic mass is 10.0. The fraction of sp³-hybridized carbons (Fsp3) is 0.438. The van der Waals surface area contributed by atoms with E-state index in [-0.39, 0.29) is 6.04 Å². The highest BCUT2D eigenvalue weighted by Gasteiger charge is 2.09. The predicted molar refractivity (Wildman–Crippen MR) is 81.0 cm³/mol. The van der Waals surface area contributed by atoms with E-state index in [4.69, 9.17) is 10.5 Å². The quantitative estimate of drug-likeness (QED) is 0.841. The van der Waals surface area contributed by atoms with E-state index in [1.807, 2.05) is 29.1 Å². The molecule has 0 fully saturated rings. The Kier molecular flexibility index (Phi) is 5.18. The number of nitrogens with zero attached hydrogens (tertiary/aromatic N) is 2. The first kappa shape index (κ1) is 14.6. The minimum absolute atomic E-state index is 0.169. The van der Waals surface area contributed by atoms with Crippen LogP contribution in [0.25, 0.3) is 0 Å². The van der Waals surface area contributed by atoms with Gasteiger partial charge in [0.2, 0.25) is 0 Å². The average Bonchev–Trinajstić information content (AvgIpc) is 2.88. The van der Waals surface area contributed by atoms with Crippen LogP contribution in [0.15, 0.2) is 36.7 Å². The lowest BCUT2D eigenvalue weighted by Gasteiger charge is -2.13. The third-order valence-electron chi connectivity index (χ3n) is 3.27. The smallest absolute Gasteiger partial charge is 0.165 e. The van der Waals surface area contributed by atoms with Crippen LogP contribution in [0.4, 0.5) is 0 Å². The van der Waals surface area contributed by atoms with Gasteiger partial charge in [-0.2, -0.15) is 5.10 Å². The minimum Gasteiger partial charge on any atom is -0.454 e. The van der Waals surface area contributed by atoms with Crippen LogP contribution in [0.3, 0.4) is 0 Å². The molecule has 0 radical (unpaired) electrons.